The first-order valence-corrected chi connectivity index (χ1v) is 6.42. The molecule has 1 aromatic carbocycles. The predicted molar refractivity (Wildman–Crippen MR) is 76.3 cm³/mol. The number of nitrogens with zero attached hydrogens (tertiary/aromatic N) is 2. The van der Waals surface area contributed by atoms with Crippen LogP contribution in [0.15, 0.2) is 29.4 Å². The first-order valence-electron chi connectivity index (χ1n) is 6.42. The van der Waals surface area contributed by atoms with Gasteiger partial charge in [0.05, 0.1) is 0 Å². The average molecular weight is 249 g/mol. The van der Waals surface area contributed by atoms with Crippen molar-refractivity contribution in [3.63, 3.8) is 0 Å². The molecule has 1 aromatic rings. The normalized spacial score (nSPS) is 11.9. The number of para-hydroxylation sites is 1. The fourth-order valence-corrected chi connectivity index (χ4v) is 2.11. The van der Waals surface area contributed by atoms with E-state index < -0.39 is 0 Å². The highest BCUT2D eigenvalue weighted by Crippen LogP contribution is 2.21. The first kappa shape index (κ1) is 14.4. The Labute approximate surface area is 109 Å². The van der Waals surface area contributed by atoms with E-state index in [2.05, 4.69) is 23.9 Å². The van der Waals surface area contributed by atoms with E-state index in [0.29, 0.717) is 5.92 Å². The van der Waals surface area contributed by atoms with Crippen LogP contribution in [0.1, 0.15) is 32.3 Å². The minimum Gasteiger partial charge on any atom is -0.409 e. The lowest BCUT2D eigenvalue weighted by Crippen LogP contribution is -2.27. The molecular weight excluding hydrogens is 226 g/mol. The van der Waals surface area contributed by atoms with E-state index in [-0.39, 0.29) is 5.84 Å². The van der Waals surface area contributed by atoms with Crippen LogP contribution in [-0.4, -0.2) is 24.6 Å². The van der Waals surface area contributed by atoms with Gasteiger partial charge in [-0.3, -0.25) is 0 Å². The second-order valence-corrected chi connectivity index (χ2v) is 4.57. The molecule has 0 fully saturated rings. The number of hydrogen-bond acceptors (Lipinski definition) is 3. The number of nitrogens with two attached hydrogens (primary N) is 1. The maximum Gasteiger partial charge on any atom is 0.172 e. The van der Waals surface area contributed by atoms with Gasteiger partial charge in [-0.25, -0.2) is 0 Å². The highest BCUT2D eigenvalue weighted by atomic mass is 16.4. The monoisotopic (exact) mass is 249 g/mol. The standard InChI is InChI=1S/C14H23N3O/c1-4-11(5-2)10-17(3)13-9-7-6-8-12(13)14(15)16-18/h6-9,11,18H,4-5,10H2,1-3H3,(H2,15,16). The van der Waals surface area contributed by atoms with Crippen LogP contribution in [0.25, 0.3) is 0 Å². The molecule has 0 radical (unpaired) electrons. The zero-order chi connectivity index (χ0) is 13.5. The smallest absolute Gasteiger partial charge is 0.172 e. The molecule has 0 aliphatic rings. The van der Waals surface area contributed by atoms with E-state index in [0.717, 1.165) is 30.6 Å². The molecule has 0 aliphatic carbocycles. The lowest BCUT2D eigenvalue weighted by molar-refractivity contribution is 0.318. The number of benzene rings is 1. The summed E-state index contributed by atoms with van der Waals surface area (Å²) in [5.41, 5.74) is 7.47. The summed E-state index contributed by atoms with van der Waals surface area (Å²) in [5, 5.41) is 11.9. The Balaban J connectivity index is 2.95. The van der Waals surface area contributed by atoms with Crippen molar-refractivity contribution in [3.8, 4) is 0 Å². The van der Waals surface area contributed by atoms with Gasteiger partial charge in [0.1, 0.15) is 0 Å². The van der Waals surface area contributed by atoms with Crippen molar-refractivity contribution >= 4 is 11.5 Å². The molecule has 0 saturated carbocycles. The van der Waals surface area contributed by atoms with Crippen LogP contribution in [0, 0.1) is 5.92 Å². The van der Waals surface area contributed by atoms with Crippen LogP contribution < -0.4 is 10.6 Å². The van der Waals surface area contributed by atoms with Crippen LogP contribution in [-0.2, 0) is 0 Å². The highest BCUT2D eigenvalue weighted by molar-refractivity contribution is 6.02. The van der Waals surface area contributed by atoms with Crippen LogP contribution in [0.3, 0.4) is 0 Å². The van der Waals surface area contributed by atoms with Crippen LogP contribution in [0.2, 0.25) is 0 Å². The summed E-state index contributed by atoms with van der Waals surface area (Å²) in [6.07, 6.45) is 2.32. The van der Waals surface area contributed by atoms with E-state index in [9.17, 15) is 0 Å². The summed E-state index contributed by atoms with van der Waals surface area (Å²) in [5.74, 6) is 0.817. The van der Waals surface area contributed by atoms with Crippen molar-refractivity contribution in [2.24, 2.45) is 16.8 Å². The van der Waals surface area contributed by atoms with Gasteiger partial charge in [0.2, 0.25) is 0 Å². The molecule has 0 saturated heterocycles. The third-order valence-electron chi connectivity index (χ3n) is 3.39. The Hall–Kier alpha value is -1.71. The zero-order valence-electron chi connectivity index (χ0n) is 11.4. The van der Waals surface area contributed by atoms with Crippen molar-refractivity contribution < 1.29 is 5.21 Å². The largest absolute Gasteiger partial charge is 0.409 e. The van der Waals surface area contributed by atoms with Crippen molar-refractivity contribution in [1.29, 1.82) is 0 Å². The van der Waals surface area contributed by atoms with Crippen LogP contribution in [0.5, 0.6) is 0 Å². The van der Waals surface area contributed by atoms with E-state index in [1.165, 1.54) is 0 Å². The van der Waals surface area contributed by atoms with Gasteiger partial charge in [-0.2, -0.15) is 0 Å². The summed E-state index contributed by atoms with van der Waals surface area (Å²) < 4.78 is 0. The molecule has 3 N–H and O–H groups in total. The lowest BCUT2D eigenvalue weighted by Gasteiger charge is -2.26. The molecule has 4 heteroatoms. The average Bonchev–Trinajstić information content (AvgIpc) is 2.43. The van der Waals surface area contributed by atoms with Gasteiger partial charge in [0.25, 0.3) is 0 Å². The van der Waals surface area contributed by atoms with Gasteiger partial charge < -0.3 is 15.8 Å². The Bertz CT molecular complexity index is 400. The highest BCUT2D eigenvalue weighted by Gasteiger charge is 2.13. The molecule has 0 unspecified atom stereocenters. The van der Waals surface area contributed by atoms with E-state index in [1.54, 1.807) is 0 Å². The van der Waals surface area contributed by atoms with E-state index >= 15 is 0 Å². The number of oxime groups is 1. The molecule has 0 amide bonds. The SMILES string of the molecule is CCC(CC)CN(C)c1ccccc1/C(N)=N/O. The Morgan fingerprint density at radius 2 is 1.94 bits per heavy atom. The van der Waals surface area contributed by atoms with Gasteiger partial charge in [-0.15, -0.1) is 0 Å². The molecule has 0 bridgehead atoms. The third-order valence-corrected chi connectivity index (χ3v) is 3.39. The van der Waals surface area contributed by atoms with Crippen molar-refractivity contribution in [2.45, 2.75) is 26.7 Å². The number of amidine groups is 1. The van der Waals surface area contributed by atoms with Gasteiger partial charge in [-0.05, 0) is 18.1 Å². The molecule has 4 nitrogen and oxygen atoms in total. The number of anilines is 1. The van der Waals surface area contributed by atoms with E-state index in [1.807, 2.05) is 31.3 Å². The molecule has 0 spiro atoms. The molecule has 0 atom stereocenters. The topological polar surface area (TPSA) is 61.8 Å². The minimum absolute atomic E-state index is 0.155. The summed E-state index contributed by atoms with van der Waals surface area (Å²) in [6.45, 7) is 5.39. The van der Waals surface area contributed by atoms with Gasteiger partial charge in [0, 0.05) is 24.8 Å². The second-order valence-electron chi connectivity index (χ2n) is 4.57. The van der Waals surface area contributed by atoms with Crippen LogP contribution >= 0.6 is 0 Å². The minimum atomic E-state index is 0.155. The van der Waals surface area contributed by atoms with Crippen LogP contribution in [0.4, 0.5) is 5.69 Å². The van der Waals surface area contributed by atoms with Crippen molar-refractivity contribution in [3.05, 3.63) is 29.8 Å². The Morgan fingerprint density at radius 1 is 1.33 bits per heavy atom. The third kappa shape index (κ3) is 3.39. The molecular formula is C14H23N3O. The quantitative estimate of drug-likeness (QED) is 0.352. The summed E-state index contributed by atoms with van der Waals surface area (Å²) in [6, 6.07) is 7.72. The first-order chi connectivity index (χ1) is 8.63. The fraction of sp³-hybridized carbons (Fsp3) is 0.500. The number of rotatable bonds is 6. The fourth-order valence-electron chi connectivity index (χ4n) is 2.11. The summed E-state index contributed by atoms with van der Waals surface area (Å²) in [4.78, 5) is 2.17. The predicted octanol–water partition coefficient (Wildman–Crippen LogP) is 2.65. The van der Waals surface area contributed by atoms with Gasteiger partial charge in [0.15, 0.2) is 5.84 Å². The van der Waals surface area contributed by atoms with Crippen molar-refractivity contribution in [1.82, 2.24) is 0 Å². The Kier molecular flexibility index (Phi) is 5.49. The maximum atomic E-state index is 8.81. The molecule has 0 aliphatic heterocycles. The molecule has 1 rings (SSSR count). The van der Waals surface area contributed by atoms with Crippen molar-refractivity contribution in [2.75, 3.05) is 18.5 Å². The summed E-state index contributed by atoms with van der Waals surface area (Å²) in [7, 11) is 2.04. The molecule has 18 heavy (non-hydrogen) atoms. The summed E-state index contributed by atoms with van der Waals surface area (Å²) >= 11 is 0. The molecule has 0 aromatic heterocycles. The zero-order valence-corrected chi connectivity index (χ0v) is 11.4. The van der Waals surface area contributed by atoms with Gasteiger partial charge in [-0.1, -0.05) is 44.0 Å². The van der Waals surface area contributed by atoms with Gasteiger partial charge >= 0.3 is 0 Å². The molecule has 0 heterocycles. The Morgan fingerprint density at radius 3 is 2.50 bits per heavy atom. The maximum absolute atomic E-state index is 8.81. The van der Waals surface area contributed by atoms with E-state index in [4.69, 9.17) is 10.9 Å². The second kappa shape index (κ2) is 6.89. The molecule has 100 valence electrons. The lowest BCUT2D eigenvalue weighted by atomic mass is 10.0. The number of hydrogen-bond donors (Lipinski definition) is 2.